The van der Waals surface area contributed by atoms with Gasteiger partial charge in [0.1, 0.15) is 11.5 Å². The SMILES string of the molecule is COc1ccccc1NC(=O)COc1ccc(/C=N\NC(=O)c2ccc(CN3CCN(Cc4ccccc4)CC3)cc2)cc1. The summed E-state index contributed by atoms with van der Waals surface area (Å²) in [5.41, 5.74) is 7.02. The number of hydrazone groups is 1. The molecule has 0 aromatic heterocycles. The molecule has 9 heteroatoms. The third kappa shape index (κ3) is 9.00. The van der Waals surface area contributed by atoms with E-state index in [1.807, 2.05) is 36.4 Å². The molecule has 4 aromatic rings. The average molecular weight is 592 g/mol. The fraction of sp³-hybridized carbons (Fsp3) is 0.229. The third-order valence-electron chi connectivity index (χ3n) is 7.35. The van der Waals surface area contributed by atoms with Gasteiger partial charge in [-0.3, -0.25) is 19.4 Å². The molecule has 0 unspecified atom stereocenters. The summed E-state index contributed by atoms with van der Waals surface area (Å²) in [4.78, 5) is 29.8. The summed E-state index contributed by atoms with van der Waals surface area (Å²) in [6, 6.07) is 32.5. The van der Waals surface area contributed by atoms with Crippen molar-refractivity contribution in [3.63, 3.8) is 0 Å². The third-order valence-corrected chi connectivity index (χ3v) is 7.35. The van der Waals surface area contributed by atoms with E-state index >= 15 is 0 Å². The highest BCUT2D eigenvalue weighted by atomic mass is 16.5. The number of methoxy groups -OCH3 is 1. The normalized spacial score (nSPS) is 13.8. The molecule has 2 N–H and O–H groups in total. The van der Waals surface area contributed by atoms with Crippen LogP contribution in [0.4, 0.5) is 5.69 Å². The fourth-order valence-electron chi connectivity index (χ4n) is 4.93. The second-order valence-corrected chi connectivity index (χ2v) is 10.5. The number of carbonyl (C=O) groups excluding carboxylic acids is 2. The lowest BCUT2D eigenvalue weighted by molar-refractivity contribution is -0.118. The van der Waals surface area contributed by atoms with Crippen LogP contribution in [0.25, 0.3) is 0 Å². The van der Waals surface area contributed by atoms with E-state index in [4.69, 9.17) is 9.47 Å². The maximum Gasteiger partial charge on any atom is 0.271 e. The van der Waals surface area contributed by atoms with Gasteiger partial charge in [0.2, 0.25) is 0 Å². The molecule has 0 radical (unpaired) electrons. The Kier molecular flexibility index (Phi) is 10.7. The molecule has 0 spiro atoms. The van der Waals surface area contributed by atoms with Crippen molar-refractivity contribution in [2.45, 2.75) is 13.1 Å². The van der Waals surface area contributed by atoms with Crippen LogP contribution in [-0.4, -0.2) is 67.7 Å². The van der Waals surface area contributed by atoms with Crippen LogP contribution in [0.3, 0.4) is 0 Å². The number of rotatable bonds is 12. The molecule has 0 aliphatic carbocycles. The Morgan fingerprint density at radius 2 is 1.39 bits per heavy atom. The molecule has 226 valence electrons. The summed E-state index contributed by atoms with van der Waals surface area (Å²) in [6.07, 6.45) is 1.56. The van der Waals surface area contributed by atoms with Crippen LogP contribution in [-0.2, 0) is 17.9 Å². The molecule has 1 heterocycles. The van der Waals surface area contributed by atoms with Crippen molar-refractivity contribution >= 4 is 23.7 Å². The van der Waals surface area contributed by atoms with E-state index in [-0.39, 0.29) is 18.4 Å². The molecule has 9 nitrogen and oxygen atoms in total. The minimum Gasteiger partial charge on any atom is -0.495 e. The molecule has 0 bridgehead atoms. The number of piperazine rings is 1. The van der Waals surface area contributed by atoms with E-state index in [1.54, 1.807) is 49.7 Å². The first-order valence-corrected chi connectivity index (χ1v) is 14.6. The largest absolute Gasteiger partial charge is 0.495 e. The number of benzene rings is 4. The van der Waals surface area contributed by atoms with Crippen LogP contribution in [0.1, 0.15) is 27.0 Å². The number of carbonyl (C=O) groups is 2. The molecular formula is C35H37N5O4. The van der Waals surface area contributed by atoms with Gasteiger partial charge in [-0.1, -0.05) is 54.6 Å². The molecule has 0 saturated carbocycles. The minimum absolute atomic E-state index is 0.147. The highest BCUT2D eigenvalue weighted by Crippen LogP contribution is 2.23. The standard InChI is InChI=1S/C35H37N5O4/c1-43-33-10-6-5-9-32(33)37-34(41)26-44-31-17-13-27(14-18-31)23-36-38-35(42)30-15-11-29(12-16-30)25-40-21-19-39(20-22-40)24-28-7-3-2-4-8-28/h2-18,23H,19-22,24-26H2,1H3,(H,37,41)(H,38,42)/b36-23-. The van der Waals surface area contributed by atoms with Gasteiger partial charge in [0.15, 0.2) is 6.61 Å². The summed E-state index contributed by atoms with van der Waals surface area (Å²) in [5.74, 6) is 0.542. The van der Waals surface area contributed by atoms with E-state index in [0.29, 0.717) is 22.7 Å². The Morgan fingerprint density at radius 1 is 0.773 bits per heavy atom. The molecule has 2 amide bonds. The molecular weight excluding hydrogens is 554 g/mol. The Labute approximate surface area is 258 Å². The Bertz CT molecular complexity index is 1530. The Hall–Kier alpha value is -4.99. The van der Waals surface area contributed by atoms with Crippen LogP contribution < -0.4 is 20.2 Å². The number of para-hydroxylation sites is 2. The molecule has 0 atom stereocenters. The monoisotopic (exact) mass is 591 g/mol. The number of ether oxygens (including phenoxy) is 2. The van der Waals surface area contributed by atoms with Crippen molar-refractivity contribution in [3.8, 4) is 11.5 Å². The first kappa shape index (κ1) is 30.5. The van der Waals surface area contributed by atoms with Gasteiger partial charge in [0, 0.05) is 44.8 Å². The van der Waals surface area contributed by atoms with Crippen molar-refractivity contribution in [1.29, 1.82) is 0 Å². The van der Waals surface area contributed by atoms with Crippen LogP contribution in [0.15, 0.2) is 108 Å². The van der Waals surface area contributed by atoms with Crippen molar-refractivity contribution in [2.75, 3.05) is 45.2 Å². The van der Waals surface area contributed by atoms with E-state index in [2.05, 4.69) is 56.0 Å². The summed E-state index contributed by atoms with van der Waals surface area (Å²) in [6.45, 7) is 5.85. The maximum absolute atomic E-state index is 12.6. The second-order valence-electron chi connectivity index (χ2n) is 10.5. The van der Waals surface area contributed by atoms with Gasteiger partial charge in [0.25, 0.3) is 11.8 Å². The van der Waals surface area contributed by atoms with Crippen LogP contribution in [0, 0.1) is 0 Å². The average Bonchev–Trinajstić information content (AvgIpc) is 3.06. The molecule has 1 fully saturated rings. The smallest absolute Gasteiger partial charge is 0.271 e. The predicted molar refractivity (Wildman–Crippen MR) is 172 cm³/mol. The van der Waals surface area contributed by atoms with Gasteiger partial charge < -0.3 is 14.8 Å². The lowest BCUT2D eigenvalue weighted by Crippen LogP contribution is -2.45. The second kappa shape index (κ2) is 15.5. The van der Waals surface area contributed by atoms with Crippen LogP contribution in [0.5, 0.6) is 11.5 Å². The quantitative estimate of drug-likeness (QED) is 0.182. The van der Waals surface area contributed by atoms with E-state index < -0.39 is 0 Å². The zero-order valence-corrected chi connectivity index (χ0v) is 24.8. The summed E-state index contributed by atoms with van der Waals surface area (Å²) < 4.78 is 10.8. The van der Waals surface area contributed by atoms with Gasteiger partial charge in [0.05, 0.1) is 19.0 Å². The van der Waals surface area contributed by atoms with Gasteiger partial charge in [-0.2, -0.15) is 5.10 Å². The number of anilines is 1. The van der Waals surface area contributed by atoms with Crippen molar-refractivity contribution < 1.29 is 19.1 Å². The zero-order valence-electron chi connectivity index (χ0n) is 24.8. The molecule has 1 saturated heterocycles. The first-order valence-electron chi connectivity index (χ1n) is 14.6. The summed E-state index contributed by atoms with van der Waals surface area (Å²) in [5, 5.41) is 6.85. The highest BCUT2D eigenvalue weighted by Gasteiger charge is 2.17. The lowest BCUT2D eigenvalue weighted by atomic mass is 10.1. The van der Waals surface area contributed by atoms with Crippen molar-refractivity contribution in [1.82, 2.24) is 15.2 Å². The Morgan fingerprint density at radius 3 is 2.05 bits per heavy atom. The molecule has 5 rings (SSSR count). The van der Waals surface area contributed by atoms with E-state index in [0.717, 1.165) is 44.8 Å². The number of nitrogens with one attached hydrogen (secondary N) is 2. The van der Waals surface area contributed by atoms with Crippen LogP contribution >= 0.6 is 0 Å². The predicted octanol–water partition coefficient (Wildman–Crippen LogP) is 4.79. The first-order chi connectivity index (χ1) is 21.6. The molecule has 1 aliphatic rings. The Balaban J connectivity index is 1.01. The number of amides is 2. The summed E-state index contributed by atoms with van der Waals surface area (Å²) in [7, 11) is 1.55. The number of hydrogen-bond donors (Lipinski definition) is 2. The maximum atomic E-state index is 12.6. The molecule has 4 aromatic carbocycles. The minimum atomic E-state index is -0.298. The molecule has 1 aliphatic heterocycles. The van der Waals surface area contributed by atoms with Gasteiger partial charge in [-0.25, -0.2) is 5.43 Å². The van der Waals surface area contributed by atoms with Gasteiger partial charge in [-0.05, 0) is 65.2 Å². The lowest BCUT2D eigenvalue weighted by Gasteiger charge is -2.34. The topological polar surface area (TPSA) is 95.5 Å². The van der Waals surface area contributed by atoms with Crippen LogP contribution in [0.2, 0.25) is 0 Å². The fourth-order valence-corrected chi connectivity index (χ4v) is 4.93. The number of hydrogen-bond acceptors (Lipinski definition) is 7. The van der Waals surface area contributed by atoms with Crippen molar-refractivity contribution in [3.05, 3.63) is 125 Å². The van der Waals surface area contributed by atoms with Gasteiger partial charge >= 0.3 is 0 Å². The summed E-state index contributed by atoms with van der Waals surface area (Å²) >= 11 is 0. The van der Waals surface area contributed by atoms with Crippen molar-refractivity contribution in [2.24, 2.45) is 5.10 Å². The highest BCUT2D eigenvalue weighted by molar-refractivity contribution is 5.95. The number of nitrogens with zero attached hydrogens (tertiary/aromatic N) is 3. The molecule has 44 heavy (non-hydrogen) atoms. The van der Waals surface area contributed by atoms with E-state index in [1.165, 1.54) is 11.1 Å². The van der Waals surface area contributed by atoms with Gasteiger partial charge in [-0.15, -0.1) is 0 Å². The zero-order chi connectivity index (χ0) is 30.6. The van der Waals surface area contributed by atoms with E-state index in [9.17, 15) is 9.59 Å².